The van der Waals surface area contributed by atoms with Crippen molar-refractivity contribution in [3.8, 4) is 11.1 Å². The molecule has 11 heteroatoms. The quantitative estimate of drug-likeness (QED) is 0.461. The summed E-state index contributed by atoms with van der Waals surface area (Å²) in [6.45, 7) is 2.68. The zero-order valence-electron chi connectivity index (χ0n) is 19.3. The highest BCUT2D eigenvalue weighted by molar-refractivity contribution is 7.59. The number of anilines is 3. The first-order valence-corrected chi connectivity index (χ1v) is 11.2. The predicted octanol–water partition coefficient (Wildman–Crippen LogP) is 3.51. The second kappa shape index (κ2) is 11.1. The van der Waals surface area contributed by atoms with E-state index < -0.39 is 17.8 Å². The van der Waals surface area contributed by atoms with E-state index in [1.807, 2.05) is 11.9 Å². The molecule has 0 fully saturated rings. The maximum atomic E-state index is 14.7. The minimum atomic E-state index is -0.556. The highest BCUT2D eigenvalue weighted by Crippen LogP contribution is 2.35. The van der Waals surface area contributed by atoms with Gasteiger partial charge in [0.1, 0.15) is 11.6 Å². The molecule has 35 heavy (non-hydrogen) atoms. The Hall–Kier alpha value is -3.08. The second-order valence-corrected chi connectivity index (χ2v) is 8.69. The van der Waals surface area contributed by atoms with Gasteiger partial charge in [-0.2, -0.15) is 13.5 Å². The van der Waals surface area contributed by atoms with Crippen molar-refractivity contribution in [1.82, 2.24) is 14.9 Å². The molecule has 0 saturated carbocycles. The van der Waals surface area contributed by atoms with Gasteiger partial charge in [0.2, 0.25) is 0 Å². The first kappa shape index (κ1) is 26.5. The molecule has 1 atom stereocenters. The normalized spacial score (nSPS) is 13.5. The van der Waals surface area contributed by atoms with Crippen molar-refractivity contribution in [2.75, 3.05) is 30.4 Å². The van der Waals surface area contributed by atoms with Crippen LogP contribution in [0.1, 0.15) is 23.7 Å². The molecule has 0 spiro atoms. The summed E-state index contributed by atoms with van der Waals surface area (Å²) in [5.74, 6) is -0.331. The summed E-state index contributed by atoms with van der Waals surface area (Å²) in [4.78, 5) is 32.1. The number of benzene rings is 1. The number of nitrogens with one attached hydrogen (secondary N) is 2. The fraction of sp³-hybridized carbons (Fsp3) is 0.292. The Kier molecular flexibility index (Phi) is 8.42. The van der Waals surface area contributed by atoms with Crippen LogP contribution < -0.4 is 21.1 Å². The van der Waals surface area contributed by atoms with Crippen LogP contribution in [-0.2, 0) is 6.54 Å². The van der Waals surface area contributed by atoms with Crippen LogP contribution in [0.5, 0.6) is 0 Å². The van der Waals surface area contributed by atoms with Gasteiger partial charge in [-0.3, -0.25) is 19.1 Å². The zero-order valence-corrected chi connectivity index (χ0v) is 21.1. The summed E-state index contributed by atoms with van der Waals surface area (Å²) in [5, 5.41) is 15.6. The Morgan fingerprint density at radius 3 is 2.74 bits per heavy atom. The smallest absolute Gasteiger partial charge is 0.260 e. The molecular formula is C24H27ClFN5O3S. The molecule has 2 aromatic heterocycles. The van der Waals surface area contributed by atoms with Gasteiger partial charge < -0.3 is 20.6 Å². The van der Waals surface area contributed by atoms with Crippen LogP contribution in [0.4, 0.5) is 21.6 Å². The first-order chi connectivity index (χ1) is 16.3. The van der Waals surface area contributed by atoms with Gasteiger partial charge in [-0.1, -0.05) is 11.6 Å². The molecule has 0 unspecified atom stereocenters. The van der Waals surface area contributed by atoms with E-state index in [1.54, 1.807) is 23.6 Å². The van der Waals surface area contributed by atoms with E-state index in [9.17, 15) is 19.1 Å². The van der Waals surface area contributed by atoms with Crippen molar-refractivity contribution in [2.24, 2.45) is 0 Å². The first-order valence-electron chi connectivity index (χ1n) is 10.9. The summed E-state index contributed by atoms with van der Waals surface area (Å²) < 4.78 is 16.3. The lowest BCUT2D eigenvalue weighted by Crippen LogP contribution is -2.37. The van der Waals surface area contributed by atoms with Crippen LogP contribution in [0.25, 0.3) is 11.1 Å². The molecule has 3 heterocycles. The summed E-state index contributed by atoms with van der Waals surface area (Å²) >= 11 is 6.10. The second-order valence-electron chi connectivity index (χ2n) is 8.25. The Morgan fingerprint density at radius 1 is 1.23 bits per heavy atom. The standard InChI is InChI=1S/C24H25ClFN5O3.H2S/c1-14(13-32)28-22(33)18-12-27-7-6-20(18)29-21-11-17(16-10-15(25)4-5-19(16)26)24(34)31-9-3-8-30(2)23(21)31;/h4-7,10-12,14,32H,3,8-9,13H2,1-2H3,(H,27,29)(H,28,33);1H2/t14-;/m0./s1. The van der Waals surface area contributed by atoms with E-state index in [-0.39, 0.29) is 42.4 Å². The molecule has 8 nitrogen and oxygen atoms in total. The van der Waals surface area contributed by atoms with Gasteiger partial charge in [0.15, 0.2) is 0 Å². The molecule has 1 aromatic carbocycles. The number of halogens is 2. The van der Waals surface area contributed by atoms with Crippen LogP contribution in [0.15, 0.2) is 47.5 Å². The van der Waals surface area contributed by atoms with E-state index in [1.165, 1.54) is 30.6 Å². The summed E-state index contributed by atoms with van der Waals surface area (Å²) in [6, 6.07) is 6.88. The molecular weight excluding hydrogens is 493 g/mol. The topological polar surface area (TPSA) is 99.5 Å². The molecule has 0 bridgehead atoms. The maximum Gasteiger partial charge on any atom is 0.260 e. The lowest BCUT2D eigenvalue weighted by atomic mass is 10.0. The molecule has 1 aliphatic rings. The summed E-state index contributed by atoms with van der Waals surface area (Å²) in [6.07, 6.45) is 3.72. The molecule has 0 saturated heterocycles. The molecule has 4 rings (SSSR count). The SMILES string of the molecule is C[C@@H](CO)NC(=O)c1cnccc1Nc1cc(-c2cc(Cl)ccc2F)c(=O)n2c1N(C)CCC2.S. The fourth-order valence-electron chi connectivity index (χ4n) is 4.01. The van der Waals surface area contributed by atoms with Crippen LogP contribution in [0.3, 0.4) is 0 Å². The van der Waals surface area contributed by atoms with E-state index in [2.05, 4.69) is 15.6 Å². The number of nitrogens with zero attached hydrogens (tertiary/aromatic N) is 3. The van der Waals surface area contributed by atoms with Gasteiger partial charge in [0, 0.05) is 49.2 Å². The van der Waals surface area contributed by atoms with Crippen molar-refractivity contribution < 1.29 is 14.3 Å². The highest BCUT2D eigenvalue weighted by atomic mass is 35.5. The Labute approximate surface area is 214 Å². The minimum Gasteiger partial charge on any atom is -0.394 e. The number of carbonyl (C=O) groups excluding carboxylic acids is 1. The van der Waals surface area contributed by atoms with Crippen molar-refractivity contribution in [1.29, 1.82) is 0 Å². The summed E-state index contributed by atoms with van der Waals surface area (Å²) in [5.41, 5.74) is 1.20. The van der Waals surface area contributed by atoms with Gasteiger partial charge in [-0.25, -0.2) is 4.39 Å². The lowest BCUT2D eigenvalue weighted by molar-refractivity contribution is 0.0923. The molecule has 0 radical (unpaired) electrons. The van der Waals surface area contributed by atoms with E-state index in [0.717, 1.165) is 13.0 Å². The highest BCUT2D eigenvalue weighted by Gasteiger charge is 2.24. The van der Waals surface area contributed by atoms with Gasteiger partial charge in [-0.15, -0.1) is 0 Å². The Bertz CT molecular complexity index is 1300. The van der Waals surface area contributed by atoms with Crippen molar-refractivity contribution in [2.45, 2.75) is 25.9 Å². The Balaban J connectivity index is 0.00000342. The van der Waals surface area contributed by atoms with E-state index >= 15 is 0 Å². The van der Waals surface area contributed by atoms with Crippen LogP contribution >= 0.6 is 25.1 Å². The number of aromatic nitrogens is 2. The number of hydrogen-bond donors (Lipinski definition) is 3. The number of aliphatic hydroxyl groups is 1. The maximum absolute atomic E-state index is 14.7. The number of rotatable bonds is 6. The lowest BCUT2D eigenvalue weighted by Gasteiger charge is -2.32. The van der Waals surface area contributed by atoms with Crippen LogP contribution in [0.2, 0.25) is 5.02 Å². The average Bonchev–Trinajstić information content (AvgIpc) is 2.82. The monoisotopic (exact) mass is 519 g/mol. The number of aliphatic hydroxyl groups excluding tert-OH is 1. The van der Waals surface area contributed by atoms with Crippen molar-refractivity contribution in [3.05, 3.63) is 69.5 Å². The predicted molar refractivity (Wildman–Crippen MR) is 141 cm³/mol. The average molecular weight is 520 g/mol. The van der Waals surface area contributed by atoms with Crippen molar-refractivity contribution >= 4 is 48.2 Å². The van der Waals surface area contributed by atoms with E-state index in [4.69, 9.17) is 11.6 Å². The minimum absolute atomic E-state index is 0. The molecule has 3 N–H and O–H groups in total. The van der Waals surface area contributed by atoms with Crippen molar-refractivity contribution in [3.63, 3.8) is 0 Å². The van der Waals surface area contributed by atoms with E-state index in [0.29, 0.717) is 28.8 Å². The largest absolute Gasteiger partial charge is 0.394 e. The number of carbonyl (C=O) groups is 1. The number of amides is 1. The molecule has 3 aromatic rings. The third-order valence-corrected chi connectivity index (χ3v) is 5.94. The van der Waals surface area contributed by atoms with Gasteiger partial charge >= 0.3 is 0 Å². The number of pyridine rings is 2. The zero-order chi connectivity index (χ0) is 24.4. The number of fused-ring (bicyclic) bond motifs is 1. The fourth-order valence-corrected chi connectivity index (χ4v) is 4.19. The van der Waals surface area contributed by atoms with Crippen LogP contribution in [-0.4, -0.2) is 46.8 Å². The number of hydrogen-bond acceptors (Lipinski definition) is 6. The molecule has 0 aliphatic carbocycles. The summed E-state index contributed by atoms with van der Waals surface area (Å²) in [7, 11) is 1.87. The van der Waals surface area contributed by atoms with Crippen LogP contribution in [0, 0.1) is 5.82 Å². The van der Waals surface area contributed by atoms with Gasteiger partial charge in [-0.05, 0) is 43.7 Å². The molecule has 186 valence electrons. The Morgan fingerprint density at radius 2 is 2.00 bits per heavy atom. The molecule has 1 amide bonds. The van der Waals surface area contributed by atoms with Gasteiger partial charge in [0.25, 0.3) is 11.5 Å². The van der Waals surface area contributed by atoms with Gasteiger partial charge in [0.05, 0.1) is 29.1 Å². The third kappa shape index (κ3) is 5.44. The molecule has 1 aliphatic heterocycles. The third-order valence-electron chi connectivity index (χ3n) is 5.70.